The van der Waals surface area contributed by atoms with Crippen LogP contribution in [0.15, 0.2) is 17.6 Å². The number of thioether (sulfide) groups is 1. The van der Waals surface area contributed by atoms with Crippen LogP contribution < -0.4 is 0 Å². The smallest absolute Gasteiger partial charge is 0.232 e. The molecule has 2 aliphatic rings. The molecule has 6 nitrogen and oxygen atoms in total. The molecule has 3 atom stereocenters. The molecule has 2 aromatic heterocycles. The Morgan fingerprint density at radius 3 is 3.26 bits per heavy atom. The standard InChI is InChI=1S/C14H18N3O3PS2/c18-21(22)19-7-10-3-4-11(20-10)17-6-9-2-1-5-23-14-12(9)13(17)15-8-16-14/h6,8,10-11,18,22H,1-5,7H2/t10?,11-,21?/m1/s1. The van der Waals surface area contributed by atoms with Gasteiger partial charge in [-0.25, -0.2) is 9.97 Å². The Morgan fingerprint density at radius 1 is 1.48 bits per heavy atom. The zero-order valence-corrected chi connectivity index (χ0v) is 15.1. The van der Waals surface area contributed by atoms with Crippen LogP contribution in [0.5, 0.6) is 0 Å². The van der Waals surface area contributed by atoms with Crippen molar-refractivity contribution < 1.29 is 14.2 Å². The van der Waals surface area contributed by atoms with Gasteiger partial charge in [-0.2, -0.15) is 0 Å². The minimum absolute atomic E-state index is 0.00575. The number of aryl methyl sites for hydroxylation is 1. The molecule has 0 spiro atoms. The van der Waals surface area contributed by atoms with Crippen molar-refractivity contribution in [3.8, 4) is 0 Å². The maximum Gasteiger partial charge on any atom is 0.232 e. The van der Waals surface area contributed by atoms with E-state index in [1.807, 2.05) is 11.8 Å². The lowest BCUT2D eigenvalue weighted by atomic mass is 10.1. The van der Waals surface area contributed by atoms with Gasteiger partial charge in [0.2, 0.25) is 7.58 Å². The van der Waals surface area contributed by atoms with Crippen molar-refractivity contribution in [2.24, 2.45) is 0 Å². The van der Waals surface area contributed by atoms with Gasteiger partial charge >= 0.3 is 0 Å². The fourth-order valence-electron chi connectivity index (χ4n) is 3.24. The summed E-state index contributed by atoms with van der Waals surface area (Å²) in [6, 6.07) is 0. The molecule has 1 N–H and O–H groups in total. The summed E-state index contributed by atoms with van der Waals surface area (Å²) < 4.78 is 13.4. The quantitative estimate of drug-likeness (QED) is 0.488. The van der Waals surface area contributed by atoms with Gasteiger partial charge in [0.15, 0.2) is 0 Å². The molecular formula is C14H18N3O3PS2. The number of hydrogen-bond donors (Lipinski definition) is 2. The first-order chi connectivity index (χ1) is 11.2. The molecule has 2 aromatic rings. The van der Waals surface area contributed by atoms with E-state index >= 15 is 0 Å². The van der Waals surface area contributed by atoms with Gasteiger partial charge in [-0.15, -0.1) is 11.8 Å². The lowest BCUT2D eigenvalue weighted by Gasteiger charge is -2.16. The fraction of sp³-hybridized carbons (Fsp3) is 0.571. The summed E-state index contributed by atoms with van der Waals surface area (Å²) in [4.78, 5) is 18.1. The minimum atomic E-state index is -1.63. The van der Waals surface area contributed by atoms with Crippen LogP contribution in [0.25, 0.3) is 11.0 Å². The number of aromatic nitrogens is 3. The Morgan fingerprint density at radius 2 is 2.39 bits per heavy atom. The third-order valence-electron chi connectivity index (χ3n) is 4.25. The van der Waals surface area contributed by atoms with Gasteiger partial charge in [-0.05, 0) is 37.0 Å². The van der Waals surface area contributed by atoms with Crippen LogP contribution in [-0.2, 0) is 15.7 Å². The van der Waals surface area contributed by atoms with E-state index in [0.29, 0.717) is 6.61 Å². The largest absolute Gasteiger partial charge is 0.352 e. The van der Waals surface area contributed by atoms with Crippen molar-refractivity contribution in [1.82, 2.24) is 14.5 Å². The molecule has 1 saturated heterocycles. The van der Waals surface area contributed by atoms with Gasteiger partial charge in [0, 0.05) is 6.20 Å². The van der Waals surface area contributed by atoms with Crippen molar-refractivity contribution in [3.05, 3.63) is 18.1 Å². The summed E-state index contributed by atoms with van der Waals surface area (Å²) in [5.74, 6) is 1.11. The highest BCUT2D eigenvalue weighted by Gasteiger charge is 2.30. The average molecular weight is 371 g/mol. The van der Waals surface area contributed by atoms with E-state index in [4.69, 9.17) is 14.2 Å². The normalized spacial score (nSPS) is 25.7. The van der Waals surface area contributed by atoms with E-state index in [1.54, 1.807) is 6.33 Å². The van der Waals surface area contributed by atoms with E-state index in [-0.39, 0.29) is 12.3 Å². The van der Waals surface area contributed by atoms with E-state index in [9.17, 15) is 0 Å². The Hall–Kier alpha value is -0.370. The fourth-order valence-corrected chi connectivity index (χ4v) is 4.71. The van der Waals surface area contributed by atoms with E-state index in [1.165, 1.54) is 10.9 Å². The Balaban J connectivity index is 1.61. The Kier molecular flexibility index (Phi) is 4.81. The monoisotopic (exact) mass is 371 g/mol. The predicted octanol–water partition coefficient (Wildman–Crippen LogP) is 3.31. The van der Waals surface area contributed by atoms with Gasteiger partial charge in [0.25, 0.3) is 0 Å². The van der Waals surface area contributed by atoms with E-state index in [0.717, 1.165) is 42.1 Å². The van der Waals surface area contributed by atoms with Gasteiger partial charge < -0.3 is 18.7 Å². The summed E-state index contributed by atoms with van der Waals surface area (Å²) in [7, 11) is -1.63. The van der Waals surface area contributed by atoms with Crippen molar-refractivity contribution >= 4 is 42.6 Å². The van der Waals surface area contributed by atoms with Crippen LogP contribution in [0.1, 0.15) is 31.1 Å². The van der Waals surface area contributed by atoms with Gasteiger partial charge in [-0.1, -0.05) is 12.2 Å². The van der Waals surface area contributed by atoms with Crippen LogP contribution in [0.3, 0.4) is 0 Å². The third kappa shape index (κ3) is 3.25. The van der Waals surface area contributed by atoms with Gasteiger partial charge in [0.1, 0.15) is 23.2 Å². The molecule has 4 heterocycles. The molecule has 9 heteroatoms. The second-order valence-electron chi connectivity index (χ2n) is 5.73. The van der Waals surface area contributed by atoms with Crippen LogP contribution in [0.2, 0.25) is 0 Å². The molecule has 124 valence electrons. The maximum atomic E-state index is 9.16. The first-order valence-corrected chi connectivity index (χ1v) is 11.0. The first kappa shape index (κ1) is 16.1. The predicted molar refractivity (Wildman–Crippen MR) is 93.8 cm³/mol. The molecule has 2 aliphatic heterocycles. The summed E-state index contributed by atoms with van der Waals surface area (Å²) in [5, 5.41) is 2.27. The molecule has 0 saturated carbocycles. The molecule has 0 amide bonds. The van der Waals surface area contributed by atoms with Crippen molar-refractivity contribution in [3.63, 3.8) is 0 Å². The molecule has 0 bridgehead atoms. The summed E-state index contributed by atoms with van der Waals surface area (Å²) >= 11 is 5.68. The molecule has 0 aromatic carbocycles. The van der Waals surface area contributed by atoms with E-state index in [2.05, 4.69) is 33.0 Å². The molecule has 1 fully saturated rings. The first-order valence-electron chi connectivity index (χ1n) is 7.66. The van der Waals surface area contributed by atoms with Gasteiger partial charge in [-0.3, -0.25) is 0 Å². The molecule has 23 heavy (non-hydrogen) atoms. The summed E-state index contributed by atoms with van der Waals surface area (Å²) in [6.45, 7) is 0.379. The number of ether oxygens (including phenoxy) is 1. The number of nitrogens with zero attached hydrogens (tertiary/aromatic N) is 3. The highest BCUT2D eigenvalue weighted by molar-refractivity contribution is 8.41. The lowest BCUT2D eigenvalue weighted by molar-refractivity contribution is -0.0148. The zero-order valence-electron chi connectivity index (χ0n) is 12.5. The molecular weight excluding hydrogens is 353 g/mol. The second kappa shape index (κ2) is 6.86. The third-order valence-corrected chi connectivity index (χ3v) is 6.06. The number of thiol groups is 1. The van der Waals surface area contributed by atoms with Crippen LogP contribution in [-0.4, -0.2) is 37.9 Å². The summed E-state index contributed by atoms with van der Waals surface area (Å²) in [6.07, 6.45) is 7.83. The summed E-state index contributed by atoms with van der Waals surface area (Å²) in [5.41, 5.74) is 2.28. The highest BCUT2D eigenvalue weighted by atomic mass is 32.7. The number of rotatable bonds is 4. The average Bonchev–Trinajstić information content (AvgIpc) is 3.08. The maximum absolute atomic E-state index is 9.16. The van der Waals surface area contributed by atoms with E-state index < -0.39 is 7.58 Å². The van der Waals surface area contributed by atoms with Crippen LogP contribution >= 0.6 is 31.6 Å². The highest BCUT2D eigenvalue weighted by Crippen LogP contribution is 2.40. The topological polar surface area (TPSA) is 69.4 Å². The lowest BCUT2D eigenvalue weighted by Crippen LogP contribution is -2.15. The SMILES string of the molecule is OP(S)OCC1CC[C@H](n2cc3c4c(ncnc42)SCCC3)O1. The minimum Gasteiger partial charge on any atom is -0.352 e. The zero-order chi connectivity index (χ0) is 15.8. The Labute approximate surface area is 145 Å². The van der Waals surface area contributed by atoms with Crippen molar-refractivity contribution in [2.45, 2.75) is 43.0 Å². The van der Waals surface area contributed by atoms with Gasteiger partial charge in [0.05, 0.1) is 18.1 Å². The van der Waals surface area contributed by atoms with Crippen LogP contribution in [0.4, 0.5) is 0 Å². The molecule has 4 rings (SSSR count). The number of hydrogen-bond acceptors (Lipinski definition) is 7. The Bertz CT molecular complexity index is 712. The molecule has 2 unspecified atom stereocenters. The van der Waals surface area contributed by atoms with Crippen molar-refractivity contribution in [1.29, 1.82) is 0 Å². The van der Waals surface area contributed by atoms with Crippen molar-refractivity contribution in [2.75, 3.05) is 12.4 Å². The van der Waals surface area contributed by atoms with Crippen LogP contribution in [0, 0.1) is 0 Å². The molecule has 0 radical (unpaired) electrons. The second-order valence-corrected chi connectivity index (χ2v) is 8.60. The molecule has 0 aliphatic carbocycles.